The van der Waals surface area contributed by atoms with Gasteiger partial charge in [0, 0.05) is 5.56 Å². The molecule has 0 saturated carbocycles. The Kier molecular flexibility index (Phi) is 4.39. The molecule has 0 fully saturated rings. The summed E-state index contributed by atoms with van der Waals surface area (Å²) >= 11 is 4.42. The van der Waals surface area contributed by atoms with Crippen LogP contribution in [0.4, 0.5) is 5.13 Å². The second-order valence-electron chi connectivity index (χ2n) is 5.28. The van der Waals surface area contributed by atoms with Gasteiger partial charge in [0.1, 0.15) is 4.88 Å². The van der Waals surface area contributed by atoms with Crippen molar-refractivity contribution in [1.82, 2.24) is 15.1 Å². The van der Waals surface area contributed by atoms with E-state index >= 15 is 0 Å². The van der Waals surface area contributed by atoms with Gasteiger partial charge in [-0.2, -0.15) is 4.98 Å². The number of carbonyl (C=O) groups excluding carboxylic acids is 1. The van der Waals surface area contributed by atoms with Gasteiger partial charge < -0.3 is 8.94 Å². The Morgan fingerprint density at radius 1 is 1.15 bits per heavy atom. The van der Waals surface area contributed by atoms with Gasteiger partial charge in [-0.05, 0) is 35.0 Å². The van der Waals surface area contributed by atoms with Crippen LogP contribution in [-0.2, 0) is 0 Å². The number of carbonyl (C=O) groups is 1. The van der Waals surface area contributed by atoms with E-state index in [1.165, 1.54) is 11.3 Å². The number of aryl methyl sites for hydroxylation is 1. The van der Waals surface area contributed by atoms with Crippen molar-refractivity contribution in [2.24, 2.45) is 0 Å². The maximum absolute atomic E-state index is 12.2. The minimum absolute atomic E-state index is 0.190. The zero-order chi connectivity index (χ0) is 18.1. The number of nitrogens with zero attached hydrogens (tertiary/aromatic N) is 3. The van der Waals surface area contributed by atoms with E-state index in [0.29, 0.717) is 32.1 Å². The van der Waals surface area contributed by atoms with Gasteiger partial charge in [-0.15, -0.1) is 0 Å². The molecule has 3 aromatic heterocycles. The molecule has 9 heteroatoms. The van der Waals surface area contributed by atoms with E-state index in [2.05, 4.69) is 36.4 Å². The molecule has 0 saturated heterocycles. The highest BCUT2D eigenvalue weighted by molar-refractivity contribution is 9.10. The summed E-state index contributed by atoms with van der Waals surface area (Å²) in [6.45, 7) is 1.82. The molecule has 0 bridgehead atoms. The van der Waals surface area contributed by atoms with Crippen molar-refractivity contribution in [1.29, 1.82) is 0 Å². The monoisotopic (exact) mass is 430 g/mol. The predicted octanol–water partition coefficient (Wildman–Crippen LogP) is 4.78. The number of nitrogens with one attached hydrogen (secondary N) is 1. The maximum atomic E-state index is 12.2. The first-order valence-electron chi connectivity index (χ1n) is 7.54. The lowest BCUT2D eigenvalue weighted by molar-refractivity contribution is 0.0995. The summed E-state index contributed by atoms with van der Waals surface area (Å²) in [5.74, 6) is 0.668. The van der Waals surface area contributed by atoms with Crippen LogP contribution in [0.1, 0.15) is 16.2 Å². The van der Waals surface area contributed by atoms with E-state index in [-0.39, 0.29) is 11.7 Å². The van der Waals surface area contributed by atoms with E-state index in [0.717, 1.165) is 5.56 Å². The van der Waals surface area contributed by atoms with Crippen LogP contribution in [0.15, 0.2) is 56.1 Å². The zero-order valence-electron chi connectivity index (χ0n) is 13.4. The number of anilines is 1. The molecule has 0 aliphatic heterocycles. The van der Waals surface area contributed by atoms with Crippen LogP contribution >= 0.6 is 27.3 Å². The number of hydrogen-bond acceptors (Lipinski definition) is 7. The van der Waals surface area contributed by atoms with E-state index in [1.54, 1.807) is 12.1 Å². The van der Waals surface area contributed by atoms with Crippen molar-refractivity contribution >= 4 is 38.3 Å². The molecular formula is C17H11BrN4O3S. The Bertz CT molecular complexity index is 1070. The normalized spacial score (nSPS) is 10.8. The fourth-order valence-corrected chi connectivity index (χ4v) is 3.45. The van der Waals surface area contributed by atoms with Gasteiger partial charge in [-0.1, -0.05) is 46.8 Å². The molecule has 3 heterocycles. The predicted molar refractivity (Wildman–Crippen MR) is 99.9 cm³/mol. The van der Waals surface area contributed by atoms with Crippen LogP contribution in [0.5, 0.6) is 0 Å². The number of aromatic nitrogens is 3. The van der Waals surface area contributed by atoms with E-state index in [4.69, 9.17) is 8.94 Å². The molecular weight excluding hydrogens is 420 g/mol. The fourth-order valence-electron chi connectivity index (χ4n) is 2.26. The molecule has 0 spiro atoms. The quantitative estimate of drug-likeness (QED) is 0.500. The fraction of sp³-hybridized carbons (Fsp3) is 0.0588. The lowest BCUT2D eigenvalue weighted by Gasteiger charge is -1.96. The van der Waals surface area contributed by atoms with Gasteiger partial charge >= 0.3 is 0 Å². The van der Waals surface area contributed by atoms with Crippen molar-refractivity contribution in [2.45, 2.75) is 6.92 Å². The van der Waals surface area contributed by atoms with Crippen molar-refractivity contribution in [3.8, 4) is 22.2 Å². The molecule has 130 valence electrons. The zero-order valence-corrected chi connectivity index (χ0v) is 15.8. The minimum atomic E-state index is -0.383. The van der Waals surface area contributed by atoms with E-state index < -0.39 is 0 Å². The third kappa shape index (κ3) is 3.31. The first-order chi connectivity index (χ1) is 12.6. The summed E-state index contributed by atoms with van der Waals surface area (Å²) < 4.78 is 11.1. The maximum Gasteiger partial charge on any atom is 0.293 e. The van der Waals surface area contributed by atoms with Crippen molar-refractivity contribution in [3.63, 3.8) is 0 Å². The second kappa shape index (κ2) is 6.85. The molecule has 4 aromatic rings. The highest BCUT2D eigenvalue weighted by Crippen LogP contribution is 2.33. The van der Waals surface area contributed by atoms with Crippen LogP contribution in [0, 0.1) is 6.92 Å². The first-order valence-corrected chi connectivity index (χ1v) is 9.15. The van der Waals surface area contributed by atoms with Crippen LogP contribution in [0.25, 0.3) is 22.2 Å². The van der Waals surface area contributed by atoms with E-state index in [9.17, 15) is 4.79 Å². The Morgan fingerprint density at radius 3 is 2.69 bits per heavy atom. The number of furan rings is 1. The molecule has 0 aliphatic rings. The Labute approximate surface area is 160 Å². The lowest BCUT2D eigenvalue weighted by Crippen LogP contribution is -2.10. The number of amides is 1. The molecule has 1 aromatic carbocycles. The Morgan fingerprint density at radius 2 is 1.96 bits per heavy atom. The van der Waals surface area contributed by atoms with Crippen molar-refractivity contribution in [3.05, 3.63) is 58.6 Å². The lowest BCUT2D eigenvalue weighted by atomic mass is 10.2. The Balaban J connectivity index is 1.57. The smallest absolute Gasteiger partial charge is 0.293 e. The second-order valence-corrected chi connectivity index (χ2v) is 7.06. The SMILES string of the molecule is Cc1nc(NC(=O)c2ccc(Br)o2)sc1-c1nc(-c2ccccc2)no1. The number of thiazole rings is 1. The van der Waals surface area contributed by atoms with Gasteiger partial charge in [0.2, 0.25) is 5.82 Å². The highest BCUT2D eigenvalue weighted by Gasteiger charge is 2.19. The molecule has 4 rings (SSSR count). The van der Waals surface area contributed by atoms with Crippen molar-refractivity contribution < 1.29 is 13.7 Å². The molecule has 7 nitrogen and oxygen atoms in total. The first kappa shape index (κ1) is 16.7. The molecule has 26 heavy (non-hydrogen) atoms. The summed E-state index contributed by atoms with van der Waals surface area (Å²) in [4.78, 5) is 21.6. The summed E-state index contributed by atoms with van der Waals surface area (Å²) in [6.07, 6.45) is 0. The standard InChI is InChI=1S/C17H11BrN4O3S/c1-9-13(16-20-14(22-25-16)10-5-3-2-4-6-10)26-17(19-9)21-15(23)11-7-8-12(18)24-11/h2-8H,1H3,(H,19,21,23). The molecule has 0 aliphatic carbocycles. The molecule has 0 unspecified atom stereocenters. The topological polar surface area (TPSA) is 94.1 Å². The van der Waals surface area contributed by atoms with Crippen LogP contribution in [0.2, 0.25) is 0 Å². The summed E-state index contributed by atoms with van der Waals surface area (Å²) in [5.41, 5.74) is 1.55. The molecule has 0 radical (unpaired) electrons. The molecule has 0 atom stereocenters. The number of rotatable bonds is 4. The summed E-state index contributed by atoms with van der Waals surface area (Å²) in [5, 5.41) is 7.14. The van der Waals surface area contributed by atoms with Crippen molar-refractivity contribution in [2.75, 3.05) is 5.32 Å². The van der Waals surface area contributed by atoms with Crippen LogP contribution in [-0.4, -0.2) is 21.0 Å². The Hall–Kier alpha value is -2.78. The van der Waals surface area contributed by atoms with Gasteiger partial charge in [0.25, 0.3) is 11.8 Å². The molecule has 1 amide bonds. The largest absolute Gasteiger partial charge is 0.444 e. The third-order valence-electron chi connectivity index (χ3n) is 3.47. The van der Waals surface area contributed by atoms with Crippen LogP contribution < -0.4 is 5.32 Å². The number of hydrogen-bond donors (Lipinski definition) is 1. The third-order valence-corrected chi connectivity index (χ3v) is 4.95. The summed E-state index contributed by atoms with van der Waals surface area (Å²) in [7, 11) is 0. The van der Waals surface area contributed by atoms with Gasteiger partial charge in [-0.25, -0.2) is 4.98 Å². The van der Waals surface area contributed by atoms with Gasteiger partial charge in [-0.3, -0.25) is 10.1 Å². The average molecular weight is 431 g/mol. The average Bonchev–Trinajstić information content (AvgIpc) is 3.35. The van der Waals surface area contributed by atoms with Gasteiger partial charge in [0.05, 0.1) is 5.69 Å². The number of benzene rings is 1. The number of halogens is 1. The minimum Gasteiger partial charge on any atom is -0.444 e. The summed E-state index contributed by atoms with van der Waals surface area (Å²) in [6, 6.07) is 12.8. The highest BCUT2D eigenvalue weighted by atomic mass is 79.9. The van der Waals surface area contributed by atoms with Gasteiger partial charge in [0.15, 0.2) is 15.6 Å². The van der Waals surface area contributed by atoms with E-state index in [1.807, 2.05) is 37.3 Å². The van der Waals surface area contributed by atoms with Crippen LogP contribution in [0.3, 0.4) is 0 Å². The molecule has 1 N–H and O–H groups in total.